The third-order valence-electron chi connectivity index (χ3n) is 3.92. The number of nitrogens with one attached hydrogen (secondary N) is 1. The first-order chi connectivity index (χ1) is 10.7. The van der Waals surface area contributed by atoms with E-state index in [-0.39, 0.29) is 36.6 Å². The van der Waals surface area contributed by atoms with Crippen LogP contribution in [0.5, 0.6) is 0 Å². The molecule has 1 fully saturated rings. The molecule has 1 aromatic rings. The lowest BCUT2D eigenvalue weighted by molar-refractivity contribution is -0.138. The van der Waals surface area contributed by atoms with Gasteiger partial charge in [0.05, 0.1) is 5.56 Å². The highest BCUT2D eigenvalue weighted by Crippen LogP contribution is 2.48. The minimum Gasteiger partial charge on any atom is -0.481 e. The number of carbonyl (C=O) groups excluding carboxylic acids is 1. The summed E-state index contributed by atoms with van der Waals surface area (Å²) in [7, 11) is 0. The summed E-state index contributed by atoms with van der Waals surface area (Å²) in [4.78, 5) is 22.5. The first-order valence-electron chi connectivity index (χ1n) is 7.35. The second kappa shape index (κ2) is 6.60. The Kier molecular flexibility index (Phi) is 4.97. The average molecular weight is 329 g/mol. The summed E-state index contributed by atoms with van der Waals surface area (Å²) < 4.78 is 38.1. The molecule has 0 aliphatic heterocycles. The summed E-state index contributed by atoms with van der Waals surface area (Å²) in [5, 5.41) is 11.3. The molecule has 7 heteroatoms. The zero-order valence-corrected chi connectivity index (χ0v) is 12.6. The molecule has 3 unspecified atom stereocenters. The minimum atomic E-state index is -4.39. The molecule has 0 bridgehead atoms. The van der Waals surface area contributed by atoms with Gasteiger partial charge in [0.25, 0.3) is 0 Å². The van der Waals surface area contributed by atoms with E-state index < -0.39 is 17.7 Å². The standard InChI is InChI=1S/C16H18F3NO3/c1-9(5-14(21)22)8-20-15(23)13-7-12(13)10-3-2-4-11(6-10)16(17,18)19/h2-4,6,9,12-13H,5,7-8H2,1H3,(H,20,23)(H,21,22). The quantitative estimate of drug-likeness (QED) is 0.843. The smallest absolute Gasteiger partial charge is 0.416 e. The summed E-state index contributed by atoms with van der Waals surface area (Å²) in [5.41, 5.74) is -0.199. The zero-order valence-electron chi connectivity index (χ0n) is 12.6. The number of hydrogen-bond donors (Lipinski definition) is 2. The van der Waals surface area contributed by atoms with E-state index in [1.54, 1.807) is 13.0 Å². The SMILES string of the molecule is CC(CNC(=O)C1CC1c1cccc(C(F)(F)F)c1)CC(=O)O. The fraction of sp³-hybridized carbons (Fsp3) is 0.500. The van der Waals surface area contributed by atoms with Crippen molar-refractivity contribution in [1.82, 2.24) is 5.32 Å². The van der Waals surface area contributed by atoms with Crippen LogP contribution in [0.4, 0.5) is 13.2 Å². The maximum absolute atomic E-state index is 12.7. The number of carbonyl (C=O) groups is 2. The monoisotopic (exact) mass is 329 g/mol. The van der Waals surface area contributed by atoms with Gasteiger partial charge in [-0.05, 0) is 29.9 Å². The summed E-state index contributed by atoms with van der Waals surface area (Å²) in [5.74, 6) is -1.89. The van der Waals surface area contributed by atoms with Crippen LogP contribution in [0.1, 0.15) is 36.8 Å². The molecule has 3 atom stereocenters. The van der Waals surface area contributed by atoms with Gasteiger partial charge in [-0.2, -0.15) is 13.2 Å². The van der Waals surface area contributed by atoms with Crippen molar-refractivity contribution in [3.05, 3.63) is 35.4 Å². The van der Waals surface area contributed by atoms with E-state index in [4.69, 9.17) is 5.11 Å². The highest BCUT2D eigenvalue weighted by molar-refractivity contribution is 5.83. The molecule has 1 aromatic carbocycles. The molecular weight excluding hydrogens is 311 g/mol. The van der Waals surface area contributed by atoms with Crippen molar-refractivity contribution in [2.45, 2.75) is 31.9 Å². The summed E-state index contributed by atoms with van der Waals surface area (Å²) in [6, 6.07) is 5.04. The van der Waals surface area contributed by atoms with Crippen LogP contribution in [0.3, 0.4) is 0 Å². The lowest BCUT2D eigenvalue weighted by Gasteiger charge is -2.11. The molecule has 2 N–H and O–H groups in total. The lowest BCUT2D eigenvalue weighted by Crippen LogP contribution is -2.30. The summed E-state index contributed by atoms with van der Waals surface area (Å²) in [6.45, 7) is 1.96. The third-order valence-corrected chi connectivity index (χ3v) is 3.92. The normalized spacial score (nSPS) is 21.6. The number of rotatable bonds is 6. The zero-order chi connectivity index (χ0) is 17.2. The number of halogens is 3. The largest absolute Gasteiger partial charge is 0.481 e. The Hall–Kier alpha value is -2.05. The molecule has 0 saturated heterocycles. The van der Waals surface area contributed by atoms with Gasteiger partial charge in [-0.15, -0.1) is 0 Å². The van der Waals surface area contributed by atoms with Crippen LogP contribution in [0.2, 0.25) is 0 Å². The Bertz CT molecular complexity index is 600. The first-order valence-corrected chi connectivity index (χ1v) is 7.35. The molecule has 0 radical (unpaired) electrons. The van der Waals surface area contributed by atoms with Crippen LogP contribution >= 0.6 is 0 Å². The molecule has 1 saturated carbocycles. The minimum absolute atomic E-state index is 0.0397. The van der Waals surface area contributed by atoms with E-state index in [2.05, 4.69) is 5.32 Å². The Morgan fingerprint density at radius 2 is 2.09 bits per heavy atom. The van der Waals surface area contributed by atoms with Crippen LogP contribution in [-0.2, 0) is 15.8 Å². The number of carboxylic acids is 1. The number of aliphatic carboxylic acids is 1. The predicted molar refractivity (Wildman–Crippen MR) is 76.7 cm³/mol. The molecule has 1 aliphatic rings. The van der Waals surface area contributed by atoms with Gasteiger partial charge in [-0.3, -0.25) is 9.59 Å². The molecule has 1 amide bonds. The van der Waals surface area contributed by atoms with Gasteiger partial charge in [0, 0.05) is 18.9 Å². The van der Waals surface area contributed by atoms with Crippen molar-refractivity contribution in [3.8, 4) is 0 Å². The molecule has 0 spiro atoms. The van der Waals surface area contributed by atoms with Crippen LogP contribution in [0.25, 0.3) is 0 Å². The predicted octanol–water partition coefficient (Wildman–Crippen LogP) is 3.04. The van der Waals surface area contributed by atoms with Crippen LogP contribution < -0.4 is 5.32 Å². The van der Waals surface area contributed by atoms with Gasteiger partial charge in [-0.1, -0.05) is 25.1 Å². The highest BCUT2D eigenvalue weighted by Gasteiger charge is 2.44. The Labute approximate surface area is 131 Å². The Morgan fingerprint density at radius 1 is 1.39 bits per heavy atom. The van der Waals surface area contributed by atoms with Crippen LogP contribution in [0, 0.1) is 11.8 Å². The topological polar surface area (TPSA) is 66.4 Å². The van der Waals surface area contributed by atoms with Crippen molar-refractivity contribution in [2.24, 2.45) is 11.8 Å². The van der Waals surface area contributed by atoms with Gasteiger partial charge in [0.1, 0.15) is 0 Å². The van der Waals surface area contributed by atoms with Crippen molar-refractivity contribution in [2.75, 3.05) is 6.54 Å². The van der Waals surface area contributed by atoms with Gasteiger partial charge in [0.2, 0.25) is 5.91 Å². The Balaban J connectivity index is 1.89. The van der Waals surface area contributed by atoms with Gasteiger partial charge < -0.3 is 10.4 Å². The number of amides is 1. The summed E-state index contributed by atoms with van der Waals surface area (Å²) >= 11 is 0. The first kappa shape index (κ1) is 17.3. The highest BCUT2D eigenvalue weighted by atomic mass is 19.4. The number of hydrogen-bond acceptors (Lipinski definition) is 2. The van der Waals surface area contributed by atoms with Gasteiger partial charge in [0.15, 0.2) is 0 Å². The maximum Gasteiger partial charge on any atom is 0.416 e. The fourth-order valence-electron chi connectivity index (χ4n) is 2.57. The van der Waals surface area contributed by atoms with Crippen molar-refractivity contribution in [1.29, 1.82) is 0 Å². The second-order valence-electron chi connectivity index (χ2n) is 6.02. The lowest BCUT2D eigenvalue weighted by atomic mass is 10.0. The Morgan fingerprint density at radius 3 is 2.70 bits per heavy atom. The number of carboxylic acid groups (broad SMARTS) is 1. The van der Waals surface area contributed by atoms with E-state index in [0.29, 0.717) is 12.0 Å². The van der Waals surface area contributed by atoms with Crippen molar-refractivity contribution in [3.63, 3.8) is 0 Å². The number of benzene rings is 1. The molecule has 1 aliphatic carbocycles. The van der Waals surface area contributed by atoms with Gasteiger partial charge >= 0.3 is 12.1 Å². The molecule has 0 heterocycles. The molecule has 23 heavy (non-hydrogen) atoms. The van der Waals surface area contributed by atoms with E-state index in [1.165, 1.54) is 6.07 Å². The van der Waals surface area contributed by atoms with E-state index in [1.807, 2.05) is 0 Å². The maximum atomic E-state index is 12.7. The van der Waals surface area contributed by atoms with E-state index in [9.17, 15) is 22.8 Å². The number of alkyl halides is 3. The van der Waals surface area contributed by atoms with E-state index in [0.717, 1.165) is 12.1 Å². The van der Waals surface area contributed by atoms with Crippen LogP contribution in [-0.4, -0.2) is 23.5 Å². The van der Waals surface area contributed by atoms with Crippen molar-refractivity contribution >= 4 is 11.9 Å². The molecule has 0 aromatic heterocycles. The van der Waals surface area contributed by atoms with Crippen molar-refractivity contribution < 1.29 is 27.9 Å². The van der Waals surface area contributed by atoms with Gasteiger partial charge in [-0.25, -0.2) is 0 Å². The molecule has 2 rings (SSSR count). The fourth-order valence-corrected chi connectivity index (χ4v) is 2.57. The molecular formula is C16H18F3NO3. The average Bonchev–Trinajstić information content (AvgIpc) is 3.24. The third kappa shape index (κ3) is 4.71. The summed E-state index contributed by atoms with van der Waals surface area (Å²) in [6.07, 6.45) is -3.92. The second-order valence-corrected chi connectivity index (χ2v) is 6.02. The van der Waals surface area contributed by atoms with E-state index >= 15 is 0 Å². The molecule has 126 valence electrons. The van der Waals surface area contributed by atoms with Crippen LogP contribution in [0.15, 0.2) is 24.3 Å². The molecule has 4 nitrogen and oxygen atoms in total.